The number of aliphatic hydroxyl groups is 1. The van der Waals surface area contributed by atoms with Crippen molar-refractivity contribution in [2.24, 2.45) is 0 Å². The van der Waals surface area contributed by atoms with Gasteiger partial charge in [0.25, 0.3) is 0 Å². The second-order valence-corrected chi connectivity index (χ2v) is 10.3. The van der Waals surface area contributed by atoms with Crippen LogP contribution in [0.2, 0.25) is 0 Å². The van der Waals surface area contributed by atoms with Crippen molar-refractivity contribution >= 4 is 5.97 Å². The lowest BCUT2D eigenvalue weighted by molar-refractivity contribution is -0.143. The molecule has 0 spiro atoms. The Morgan fingerprint density at radius 3 is 1.76 bits per heavy atom. The lowest BCUT2D eigenvalue weighted by Gasteiger charge is -2.07. The van der Waals surface area contributed by atoms with E-state index in [4.69, 9.17) is 4.74 Å². The molecule has 0 aliphatic heterocycles. The van der Waals surface area contributed by atoms with Gasteiger partial charge in [0.15, 0.2) is 0 Å². The minimum absolute atomic E-state index is 0.0109. The van der Waals surface area contributed by atoms with Crippen molar-refractivity contribution in [3.05, 3.63) is 12.2 Å². The molecule has 1 atom stereocenters. The van der Waals surface area contributed by atoms with Crippen molar-refractivity contribution in [3.63, 3.8) is 0 Å². The van der Waals surface area contributed by atoms with E-state index >= 15 is 0 Å². The third-order valence-electron chi connectivity index (χ3n) is 6.73. The van der Waals surface area contributed by atoms with Gasteiger partial charge in [0, 0.05) is 6.42 Å². The van der Waals surface area contributed by atoms with Gasteiger partial charge >= 0.3 is 5.97 Å². The molecule has 0 aliphatic carbocycles. The molecular weight excluding hydrogens is 420 g/mol. The van der Waals surface area contributed by atoms with Gasteiger partial charge < -0.3 is 9.84 Å². The molecule has 0 unspecified atom stereocenters. The molecule has 0 amide bonds. The average molecular weight is 481 g/mol. The smallest absolute Gasteiger partial charge is 0.305 e. The summed E-state index contributed by atoms with van der Waals surface area (Å²) in [5, 5.41) is 9.95. The van der Waals surface area contributed by atoms with Crippen LogP contribution in [-0.2, 0) is 9.53 Å². The lowest BCUT2D eigenvalue weighted by atomic mass is 10.1. The molecular formula is C31H60O3. The van der Waals surface area contributed by atoms with Crippen LogP contribution in [0.4, 0.5) is 0 Å². The number of esters is 1. The standard InChI is InChI=1S/C31H60O3/c1-3-5-7-9-10-11-12-15-18-21-25-29-34-31(33)28-24-20-17-14-13-16-19-23-27-30(32)26-22-8-6-4-2/h19,23,30,32H,3-18,20-22,24-29H2,1-2H3/t30-/m1/s1. The molecule has 3 heteroatoms. The predicted octanol–water partition coefficient (Wildman–Crippen LogP) is 9.85. The van der Waals surface area contributed by atoms with E-state index in [9.17, 15) is 9.90 Å². The van der Waals surface area contributed by atoms with Gasteiger partial charge in [-0.25, -0.2) is 0 Å². The Morgan fingerprint density at radius 1 is 0.647 bits per heavy atom. The molecule has 0 aliphatic rings. The average Bonchev–Trinajstić information content (AvgIpc) is 2.83. The van der Waals surface area contributed by atoms with Gasteiger partial charge in [0.05, 0.1) is 12.7 Å². The van der Waals surface area contributed by atoms with Gasteiger partial charge in [0.2, 0.25) is 0 Å². The molecule has 1 N–H and O–H groups in total. The first kappa shape index (κ1) is 33.2. The normalized spacial score (nSPS) is 12.4. The molecule has 0 aromatic carbocycles. The van der Waals surface area contributed by atoms with Gasteiger partial charge in [-0.3, -0.25) is 4.79 Å². The Hall–Kier alpha value is -0.830. The molecule has 0 saturated heterocycles. The van der Waals surface area contributed by atoms with Crippen molar-refractivity contribution in [2.75, 3.05) is 6.61 Å². The van der Waals surface area contributed by atoms with E-state index in [1.807, 2.05) is 0 Å². The number of unbranched alkanes of at least 4 members (excludes halogenated alkanes) is 18. The van der Waals surface area contributed by atoms with Crippen LogP contribution in [0.1, 0.15) is 168 Å². The van der Waals surface area contributed by atoms with Crippen LogP contribution in [-0.4, -0.2) is 23.8 Å². The highest BCUT2D eigenvalue weighted by Gasteiger charge is 2.03. The van der Waals surface area contributed by atoms with Crippen LogP contribution >= 0.6 is 0 Å². The minimum atomic E-state index is -0.164. The van der Waals surface area contributed by atoms with Crippen LogP contribution in [0, 0.1) is 0 Å². The zero-order valence-electron chi connectivity index (χ0n) is 23.2. The highest BCUT2D eigenvalue weighted by molar-refractivity contribution is 5.69. The molecule has 3 nitrogen and oxygen atoms in total. The summed E-state index contributed by atoms with van der Waals surface area (Å²) in [7, 11) is 0. The van der Waals surface area contributed by atoms with E-state index in [1.165, 1.54) is 103 Å². The Kier molecular flexibility index (Phi) is 27.7. The number of ether oxygens (including phenoxy) is 1. The molecule has 0 aromatic rings. The summed E-state index contributed by atoms with van der Waals surface area (Å²) in [6, 6.07) is 0. The van der Waals surface area contributed by atoms with Crippen molar-refractivity contribution in [2.45, 2.75) is 174 Å². The Labute approximate surface area is 213 Å². The van der Waals surface area contributed by atoms with Crippen molar-refractivity contribution in [1.29, 1.82) is 0 Å². The summed E-state index contributed by atoms with van der Waals surface area (Å²) in [5.41, 5.74) is 0. The maximum Gasteiger partial charge on any atom is 0.305 e. The highest BCUT2D eigenvalue weighted by Crippen LogP contribution is 2.13. The molecule has 0 radical (unpaired) electrons. The van der Waals surface area contributed by atoms with Gasteiger partial charge in [-0.05, 0) is 38.5 Å². The Bertz CT molecular complexity index is 432. The van der Waals surface area contributed by atoms with E-state index in [0.29, 0.717) is 13.0 Å². The predicted molar refractivity (Wildman–Crippen MR) is 148 cm³/mol. The molecule has 0 aromatic heterocycles. The molecule has 202 valence electrons. The zero-order chi connectivity index (χ0) is 25.0. The summed E-state index contributed by atoms with van der Waals surface area (Å²) < 4.78 is 5.38. The van der Waals surface area contributed by atoms with Gasteiger partial charge in [-0.1, -0.05) is 135 Å². The lowest BCUT2D eigenvalue weighted by Crippen LogP contribution is -2.05. The second kappa shape index (κ2) is 28.4. The summed E-state index contributed by atoms with van der Waals surface area (Å²) in [5.74, 6) is -0.0109. The van der Waals surface area contributed by atoms with Crippen LogP contribution in [0.5, 0.6) is 0 Å². The maximum atomic E-state index is 11.8. The third kappa shape index (κ3) is 27.4. The number of aliphatic hydroxyl groups excluding tert-OH is 1. The minimum Gasteiger partial charge on any atom is -0.466 e. The molecule has 0 fully saturated rings. The highest BCUT2D eigenvalue weighted by atomic mass is 16.5. The fourth-order valence-electron chi connectivity index (χ4n) is 4.38. The molecule has 0 heterocycles. The van der Waals surface area contributed by atoms with Crippen molar-refractivity contribution < 1.29 is 14.6 Å². The third-order valence-corrected chi connectivity index (χ3v) is 6.73. The number of carbonyl (C=O) groups is 1. The molecule has 0 bridgehead atoms. The van der Waals surface area contributed by atoms with Gasteiger partial charge in [0.1, 0.15) is 0 Å². The first-order valence-corrected chi connectivity index (χ1v) is 15.2. The van der Waals surface area contributed by atoms with Crippen molar-refractivity contribution in [3.8, 4) is 0 Å². The second-order valence-electron chi connectivity index (χ2n) is 10.3. The van der Waals surface area contributed by atoms with Crippen LogP contribution in [0.3, 0.4) is 0 Å². The number of allylic oxidation sites excluding steroid dienone is 1. The van der Waals surface area contributed by atoms with Gasteiger partial charge in [-0.15, -0.1) is 0 Å². The quantitative estimate of drug-likeness (QED) is 0.0722. The molecule has 34 heavy (non-hydrogen) atoms. The number of carbonyl (C=O) groups excluding carboxylic acids is 1. The summed E-state index contributed by atoms with van der Waals surface area (Å²) in [6.45, 7) is 5.09. The Balaban J connectivity index is 3.28. The van der Waals surface area contributed by atoms with Crippen molar-refractivity contribution in [1.82, 2.24) is 0 Å². The fourth-order valence-corrected chi connectivity index (χ4v) is 4.38. The molecule has 0 rings (SSSR count). The van der Waals surface area contributed by atoms with E-state index in [0.717, 1.165) is 44.9 Å². The van der Waals surface area contributed by atoms with Crippen LogP contribution in [0.25, 0.3) is 0 Å². The number of rotatable bonds is 27. The van der Waals surface area contributed by atoms with Gasteiger partial charge in [-0.2, -0.15) is 0 Å². The number of hydrogen-bond acceptors (Lipinski definition) is 3. The first-order valence-electron chi connectivity index (χ1n) is 15.2. The largest absolute Gasteiger partial charge is 0.466 e. The summed E-state index contributed by atoms with van der Waals surface area (Å²) >= 11 is 0. The topological polar surface area (TPSA) is 46.5 Å². The van der Waals surface area contributed by atoms with E-state index in [1.54, 1.807) is 0 Å². The van der Waals surface area contributed by atoms with E-state index in [-0.39, 0.29) is 12.1 Å². The monoisotopic (exact) mass is 480 g/mol. The zero-order valence-corrected chi connectivity index (χ0v) is 23.2. The van der Waals surface area contributed by atoms with E-state index in [2.05, 4.69) is 26.0 Å². The number of hydrogen-bond donors (Lipinski definition) is 1. The van der Waals surface area contributed by atoms with E-state index < -0.39 is 0 Å². The molecule has 0 saturated carbocycles. The SMILES string of the molecule is CCCCCCCCCCCCCOC(=O)CCCCCCCC=CC[C@H](O)CCCCCC. The Morgan fingerprint density at radius 2 is 1.15 bits per heavy atom. The first-order chi connectivity index (χ1) is 16.7. The van der Waals surface area contributed by atoms with Crippen LogP contribution in [0.15, 0.2) is 12.2 Å². The van der Waals surface area contributed by atoms with Crippen LogP contribution < -0.4 is 0 Å². The summed E-state index contributed by atoms with van der Waals surface area (Å²) in [4.78, 5) is 11.8. The fraction of sp³-hybridized carbons (Fsp3) is 0.903. The summed E-state index contributed by atoms with van der Waals surface area (Å²) in [6.07, 6.45) is 32.7. The maximum absolute atomic E-state index is 11.8.